The van der Waals surface area contributed by atoms with E-state index < -0.39 is 16.6 Å². The van der Waals surface area contributed by atoms with Gasteiger partial charge in [-0.15, -0.1) is 0 Å². The number of hydrogen-bond acceptors (Lipinski definition) is 0. The van der Waals surface area contributed by atoms with Crippen molar-refractivity contribution in [2.45, 2.75) is 110 Å². The van der Waals surface area contributed by atoms with Gasteiger partial charge in [0, 0.05) is 0 Å². The number of halogens is 2. The second kappa shape index (κ2) is 14.8. The molecule has 4 aliphatic rings. The molecule has 1 heterocycles. The fourth-order valence-electron chi connectivity index (χ4n) is 10.8. The van der Waals surface area contributed by atoms with Gasteiger partial charge in [-0.25, -0.2) is 0 Å². The predicted octanol–water partition coefficient (Wildman–Crippen LogP) is 8.48. The summed E-state index contributed by atoms with van der Waals surface area (Å²) < 4.78 is 3.22. The van der Waals surface area contributed by atoms with Crippen LogP contribution in [-0.4, -0.2) is 0 Å². The van der Waals surface area contributed by atoms with E-state index in [4.69, 9.17) is 0 Å². The Hall–Kier alpha value is -2.35. The van der Waals surface area contributed by atoms with Crippen LogP contribution in [0, 0.1) is 11.8 Å². The Morgan fingerprint density at radius 2 is 0.843 bits per heavy atom. The Morgan fingerprint density at radius 1 is 0.471 bits per heavy atom. The summed E-state index contributed by atoms with van der Waals surface area (Å²) in [6, 6.07) is 33.7. The largest absolute Gasteiger partial charge is 1.00 e. The number of rotatable bonds is 8. The monoisotopic (exact) mass is 750 g/mol. The van der Waals surface area contributed by atoms with E-state index in [1.54, 1.807) is 22.3 Å². The Morgan fingerprint density at radius 3 is 1.18 bits per heavy atom. The summed E-state index contributed by atoms with van der Waals surface area (Å²) in [5, 5.41) is 0. The molecule has 4 atom stereocenters. The molecule has 4 aromatic rings. The molecule has 1 aliphatic heterocycles. The van der Waals surface area contributed by atoms with Gasteiger partial charge in [-0.05, 0) is 0 Å². The summed E-state index contributed by atoms with van der Waals surface area (Å²) in [7, 11) is 0. The van der Waals surface area contributed by atoms with Crippen molar-refractivity contribution in [3.8, 4) is 22.3 Å². The van der Waals surface area contributed by atoms with Crippen LogP contribution in [0.5, 0.6) is 0 Å². The van der Waals surface area contributed by atoms with E-state index in [2.05, 4.69) is 152 Å². The first-order chi connectivity index (χ1) is 23.6. The predicted molar refractivity (Wildman–Crippen MR) is 209 cm³/mol. The molecule has 266 valence electrons. The van der Waals surface area contributed by atoms with E-state index in [1.165, 1.54) is 70.2 Å². The minimum atomic E-state index is -2.74. The maximum absolute atomic E-state index is 2.74. The molecule has 1 saturated carbocycles. The third-order valence-electron chi connectivity index (χ3n) is 13.2. The molecule has 3 aliphatic carbocycles. The summed E-state index contributed by atoms with van der Waals surface area (Å²) >= 11 is -2.74. The van der Waals surface area contributed by atoms with Crippen molar-refractivity contribution in [2.75, 3.05) is 0 Å². The van der Waals surface area contributed by atoms with E-state index in [-0.39, 0.29) is 24.8 Å². The van der Waals surface area contributed by atoms with Crippen LogP contribution in [0.15, 0.2) is 96.1 Å². The van der Waals surface area contributed by atoms with Crippen molar-refractivity contribution in [3.05, 3.63) is 129 Å². The Balaban J connectivity index is 0.00000224. The maximum atomic E-state index is 2.70. The first-order valence-corrected chi connectivity index (χ1v) is 23.1. The van der Waals surface area contributed by atoms with Gasteiger partial charge in [-0.1, -0.05) is 0 Å². The minimum absolute atomic E-state index is 0. The van der Waals surface area contributed by atoms with Crippen molar-refractivity contribution >= 4 is 12.2 Å². The zero-order valence-corrected chi connectivity index (χ0v) is 35.0. The van der Waals surface area contributed by atoms with Crippen LogP contribution < -0.4 is 24.8 Å². The molecule has 51 heavy (non-hydrogen) atoms. The summed E-state index contributed by atoms with van der Waals surface area (Å²) in [5.41, 5.74) is 18.4. The van der Waals surface area contributed by atoms with E-state index in [0.29, 0.717) is 32.1 Å². The van der Waals surface area contributed by atoms with Gasteiger partial charge in [0.2, 0.25) is 0 Å². The van der Waals surface area contributed by atoms with Crippen LogP contribution in [0.2, 0.25) is 8.45 Å². The number of benzene rings is 4. The fraction of sp³-hybridized carbons (Fsp3) is 0.417. The van der Waals surface area contributed by atoms with E-state index >= 15 is 0 Å². The quantitative estimate of drug-likeness (QED) is 0.159. The van der Waals surface area contributed by atoms with Gasteiger partial charge in [0.15, 0.2) is 0 Å². The smallest absolute Gasteiger partial charge is 1.00 e. The summed E-state index contributed by atoms with van der Waals surface area (Å²) in [6.07, 6.45) is 11.2. The Labute approximate surface area is 324 Å². The van der Waals surface area contributed by atoms with Crippen LogP contribution in [0.1, 0.15) is 135 Å². The summed E-state index contributed by atoms with van der Waals surface area (Å²) in [5.74, 6) is 2.21. The molecule has 0 bridgehead atoms. The molecule has 0 nitrogen and oxygen atoms in total. The molecule has 3 heteroatoms. The summed E-state index contributed by atoms with van der Waals surface area (Å²) in [6.45, 7) is 19.1. The average Bonchev–Trinajstić information content (AvgIpc) is 3.37. The van der Waals surface area contributed by atoms with Crippen molar-refractivity contribution in [1.29, 1.82) is 0 Å². The molecule has 0 aromatic heterocycles. The first-order valence-electron chi connectivity index (χ1n) is 19.5. The molecule has 8 rings (SSSR count). The van der Waals surface area contributed by atoms with Crippen molar-refractivity contribution in [3.63, 3.8) is 0 Å². The second-order valence-electron chi connectivity index (χ2n) is 17.1. The molecular weight excluding hydrogens is 695 g/mol. The third-order valence-corrected chi connectivity index (χ3v) is 23.9. The average molecular weight is 752 g/mol. The topological polar surface area (TPSA) is 0 Å². The van der Waals surface area contributed by atoms with Crippen LogP contribution in [0.3, 0.4) is 0 Å². The van der Waals surface area contributed by atoms with Gasteiger partial charge in [0.05, 0.1) is 0 Å². The van der Waals surface area contributed by atoms with Gasteiger partial charge < -0.3 is 24.8 Å². The summed E-state index contributed by atoms with van der Waals surface area (Å²) in [4.78, 5) is 0. The maximum Gasteiger partial charge on any atom is -1.00 e. The standard InChI is InChI=1S/2C21H23.C6H10.2ClH.Ti/c2*1-14(2)16-8-10-17(11-9-16)20-7-5-6-18-12-19(15(3)4)13-21(18)20;1-2-4-6-5-3-1;;;/h2*5-15H,1-4H3;1-2H,3-6H2;2*1H;/q;;;;;+2/p-2. The van der Waals surface area contributed by atoms with Gasteiger partial charge >= 0.3 is 302 Å². The minimum Gasteiger partial charge on any atom is -1.00 e. The molecule has 4 unspecified atom stereocenters. The van der Waals surface area contributed by atoms with Gasteiger partial charge in [-0.3, -0.25) is 0 Å². The number of allylic oxidation sites excluding steroid dienone is 2. The zero-order valence-electron chi connectivity index (χ0n) is 31.9. The molecule has 0 radical (unpaired) electrons. The molecule has 4 aromatic carbocycles. The van der Waals surface area contributed by atoms with Crippen molar-refractivity contribution in [1.82, 2.24) is 0 Å². The van der Waals surface area contributed by atoms with Crippen molar-refractivity contribution in [2.24, 2.45) is 11.8 Å². The van der Waals surface area contributed by atoms with Gasteiger partial charge in [0.1, 0.15) is 0 Å². The molecule has 0 amide bonds. The van der Waals surface area contributed by atoms with Crippen molar-refractivity contribution < 1.29 is 41.4 Å². The Kier molecular flexibility index (Phi) is 11.2. The number of hydrogen-bond donors (Lipinski definition) is 0. The molecular formula is C48H56Cl2Ti. The Bertz CT molecular complexity index is 1800. The molecule has 1 saturated heterocycles. The van der Waals surface area contributed by atoms with Crippen LogP contribution in [0.4, 0.5) is 0 Å². The van der Waals surface area contributed by atoms with E-state index in [0.717, 1.165) is 8.45 Å². The molecule has 0 spiro atoms. The fourth-order valence-corrected chi connectivity index (χ4v) is 25.4. The zero-order chi connectivity index (χ0) is 34.2. The van der Waals surface area contributed by atoms with Crippen LogP contribution in [0.25, 0.3) is 34.4 Å². The number of fused-ring (bicyclic) bond motifs is 3. The molecule has 2 fully saturated rings. The molecule has 0 N–H and O–H groups in total. The van der Waals surface area contributed by atoms with Gasteiger partial charge in [-0.2, -0.15) is 0 Å². The third kappa shape index (κ3) is 6.19. The van der Waals surface area contributed by atoms with Crippen LogP contribution >= 0.6 is 0 Å². The van der Waals surface area contributed by atoms with E-state index in [1.807, 2.05) is 0 Å². The second-order valence-corrected chi connectivity index (χ2v) is 24.4. The van der Waals surface area contributed by atoms with Crippen LogP contribution in [-0.2, 0) is 16.6 Å². The normalized spacial score (nSPS) is 23.2. The van der Waals surface area contributed by atoms with Gasteiger partial charge in [0.25, 0.3) is 0 Å². The van der Waals surface area contributed by atoms with E-state index in [9.17, 15) is 0 Å². The SMILES string of the molecule is CC(C)C1=Cc2c(-c3ccc(C(C)C)cc3)cccc2[CH]1[Ti+2]1([CH]2C(C(C)C)=Cc3c(-c4ccc(C(C)C)cc4)cccc32)[CH]2CCCC[CH]21.[Cl-].[Cl-]. The first kappa shape index (κ1) is 38.4.